The first-order valence-corrected chi connectivity index (χ1v) is 5.59. The Morgan fingerprint density at radius 2 is 2.11 bits per heavy atom. The first-order chi connectivity index (χ1) is 8.58. The smallest absolute Gasteiger partial charge is 0.356 e. The SMILES string of the molecule is CCCN(CC(=O)NC)c1cnc(C(=O)O)cn1. The minimum Gasteiger partial charge on any atom is -0.476 e. The van der Waals surface area contributed by atoms with Gasteiger partial charge in [-0.2, -0.15) is 0 Å². The topological polar surface area (TPSA) is 95.4 Å². The van der Waals surface area contributed by atoms with Crippen LogP contribution in [0.4, 0.5) is 5.82 Å². The molecule has 1 aromatic rings. The van der Waals surface area contributed by atoms with Gasteiger partial charge >= 0.3 is 5.97 Å². The van der Waals surface area contributed by atoms with Crippen LogP contribution in [0.3, 0.4) is 0 Å². The number of nitrogens with zero attached hydrogens (tertiary/aromatic N) is 3. The standard InChI is InChI=1S/C11H16N4O3/c1-3-4-15(7-10(16)12-2)9-6-13-8(5-14-9)11(17)18/h5-6H,3-4,7H2,1-2H3,(H,12,16)(H,17,18). The van der Waals surface area contributed by atoms with Crippen LogP contribution in [0.5, 0.6) is 0 Å². The molecular formula is C11H16N4O3. The van der Waals surface area contributed by atoms with Gasteiger partial charge in [0, 0.05) is 13.6 Å². The molecule has 0 aliphatic rings. The van der Waals surface area contributed by atoms with Crippen LogP contribution in [0.25, 0.3) is 0 Å². The van der Waals surface area contributed by atoms with Crippen LogP contribution >= 0.6 is 0 Å². The number of carbonyl (C=O) groups excluding carboxylic acids is 1. The molecule has 0 aliphatic heterocycles. The van der Waals surface area contributed by atoms with Crippen molar-refractivity contribution in [3.8, 4) is 0 Å². The lowest BCUT2D eigenvalue weighted by Crippen LogP contribution is -2.36. The predicted octanol–water partition coefficient (Wildman–Crippen LogP) is 0.137. The number of nitrogens with one attached hydrogen (secondary N) is 1. The molecule has 2 N–H and O–H groups in total. The third-order valence-corrected chi connectivity index (χ3v) is 2.29. The zero-order valence-corrected chi connectivity index (χ0v) is 10.4. The van der Waals surface area contributed by atoms with Crippen molar-refractivity contribution in [3.63, 3.8) is 0 Å². The number of aromatic nitrogens is 2. The summed E-state index contributed by atoms with van der Waals surface area (Å²) in [5, 5.41) is 11.3. The molecule has 0 bridgehead atoms. The molecule has 98 valence electrons. The van der Waals surface area contributed by atoms with Crippen molar-refractivity contribution in [1.29, 1.82) is 0 Å². The summed E-state index contributed by atoms with van der Waals surface area (Å²) >= 11 is 0. The maximum atomic E-state index is 11.4. The second-order valence-electron chi connectivity index (χ2n) is 3.66. The summed E-state index contributed by atoms with van der Waals surface area (Å²) < 4.78 is 0. The molecule has 0 saturated heterocycles. The van der Waals surface area contributed by atoms with Gasteiger partial charge in [0.2, 0.25) is 5.91 Å². The Morgan fingerprint density at radius 3 is 2.56 bits per heavy atom. The lowest BCUT2D eigenvalue weighted by atomic mass is 10.3. The van der Waals surface area contributed by atoms with Gasteiger partial charge in [0.25, 0.3) is 0 Å². The van der Waals surface area contributed by atoms with Crippen molar-refractivity contribution in [2.24, 2.45) is 0 Å². The first kappa shape index (κ1) is 13.9. The van der Waals surface area contributed by atoms with Crippen LogP contribution in [0.1, 0.15) is 23.8 Å². The van der Waals surface area contributed by atoms with E-state index < -0.39 is 5.97 Å². The Kier molecular flexibility index (Phi) is 5.04. The van der Waals surface area contributed by atoms with Gasteiger partial charge in [-0.25, -0.2) is 14.8 Å². The molecule has 0 aliphatic carbocycles. The number of carboxylic acid groups (broad SMARTS) is 1. The fourth-order valence-corrected chi connectivity index (χ4v) is 1.39. The van der Waals surface area contributed by atoms with Crippen molar-refractivity contribution in [1.82, 2.24) is 15.3 Å². The summed E-state index contributed by atoms with van der Waals surface area (Å²) in [6, 6.07) is 0. The summed E-state index contributed by atoms with van der Waals surface area (Å²) in [4.78, 5) is 31.5. The highest BCUT2D eigenvalue weighted by molar-refractivity contribution is 5.85. The summed E-state index contributed by atoms with van der Waals surface area (Å²) in [5.41, 5.74) is -0.116. The van der Waals surface area contributed by atoms with Crippen LogP contribution < -0.4 is 10.2 Å². The number of anilines is 1. The first-order valence-electron chi connectivity index (χ1n) is 5.59. The lowest BCUT2D eigenvalue weighted by molar-refractivity contribution is -0.119. The molecule has 0 saturated carbocycles. The largest absolute Gasteiger partial charge is 0.476 e. The van der Waals surface area contributed by atoms with Crippen LogP contribution in [-0.4, -0.2) is 47.1 Å². The molecule has 0 aromatic carbocycles. The normalized spacial score (nSPS) is 9.89. The van der Waals surface area contributed by atoms with Crippen LogP contribution in [0.15, 0.2) is 12.4 Å². The van der Waals surface area contributed by atoms with Crippen LogP contribution in [-0.2, 0) is 4.79 Å². The monoisotopic (exact) mass is 252 g/mol. The Morgan fingerprint density at radius 1 is 1.39 bits per heavy atom. The number of hydrogen-bond acceptors (Lipinski definition) is 5. The minimum absolute atomic E-state index is 0.116. The summed E-state index contributed by atoms with van der Waals surface area (Å²) in [5.74, 6) is -0.764. The highest BCUT2D eigenvalue weighted by Crippen LogP contribution is 2.09. The van der Waals surface area contributed by atoms with E-state index in [0.29, 0.717) is 12.4 Å². The van der Waals surface area contributed by atoms with Gasteiger partial charge < -0.3 is 15.3 Å². The molecule has 1 amide bonds. The van der Waals surface area contributed by atoms with E-state index in [1.165, 1.54) is 12.4 Å². The molecule has 0 unspecified atom stereocenters. The Labute approximate surface area is 105 Å². The van der Waals surface area contributed by atoms with Gasteiger partial charge in [-0.3, -0.25) is 4.79 Å². The third-order valence-electron chi connectivity index (χ3n) is 2.29. The number of rotatable bonds is 6. The predicted molar refractivity (Wildman–Crippen MR) is 65.6 cm³/mol. The highest BCUT2D eigenvalue weighted by atomic mass is 16.4. The van der Waals surface area contributed by atoms with E-state index in [1.54, 1.807) is 11.9 Å². The summed E-state index contributed by atoms with van der Waals surface area (Å²) in [6.07, 6.45) is 3.39. The molecule has 7 nitrogen and oxygen atoms in total. The zero-order valence-electron chi connectivity index (χ0n) is 10.4. The van der Waals surface area contributed by atoms with Crippen molar-refractivity contribution in [3.05, 3.63) is 18.1 Å². The highest BCUT2D eigenvalue weighted by Gasteiger charge is 2.12. The van der Waals surface area contributed by atoms with E-state index in [-0.39, 0.29) is 18.1 Å². The number of carbonyl (C=O) groups is 2. The molecule has 0 fully saturated rings. The maximum absolute atomic E-state index is 11.4. The number of likely N-dealkylation sites (N-methyl/N-ethyl adjacent to an activating group) is 1. The van der Waals surface area contributed by atoms with Crippen LogP contribution in [0, 0.1) is 0 Å². The lowest BCUT2D eigenvalue weighted by Gasteiger charge is -2.21. The number of hydrogen-bond donors (Lipinski definition) is 2. The molecule has 1 heterocycles. The number of aromatic carboxylic acids is 1. The van der Waals surface area contributed by atoms with E-state index in [4.69, 9.17) is 5.11 Å². The van der Waals surface area contributed by atoms with Crippen molar-refractivity contribution >= 4 is 17.7 Å². The van der Waals surface area contributed by atoms with E-state index in [1.807, 2.05) is 6.92 Å². The molecule has 18 heavy (non-hydrogen) atoms. The maximum Gasteiger partial charge on any atom is 0.356 e. The number of carboxylic acids is 1. The van der Waals surface area contributed by atoms with E-state index in [9.17, 15) is 9.59 Å². The van der Waals surface area contributed by atoms with Crippen LogP contribution in [0.2, 0.25) is 0 Å². The van der Waals surface area contributed by atoms with E-state index >= 15 is 0 Å². The van der Waals surface area contributed by atoms with Gasteiger partial charge in [0.05, 0.1) is 18.9 Å². The molecule has 1 aromatic heterocycles. The fourth-order valence-electron chi connectivity index (χ4n) is 1.39. The number of amides is 1. The molecule has 0 atom stereocenters. The van der Waals surface area contributed by atoms with E-state index in [2.05, 4.69) is 15.3 Å². The van der Waals surface area contributed by atoms with Gasteiger partial charge in [-0.1, -0.05) is 6.92 Å². The average Bonchev–Trinajstić information content (AvgIpc) is 2.38. The second-order valence-corrected chi connectivity index (χ2v) is 3.66. The van der Waals surface area contributed by atoms with Gasteiger partial charge in [-0.05, 0) is 6.42 Å². The zero-order chi connectivity index (χ0) is 13.5. The molecule has 7 heteroatoms. The fraction of sp³-hybridized carbons (Fsp3) is 0.455. The van der Waals surface area contributed by atoms with Crippen molar-refractivity contribution < 1.29 is 14.7 Å². The van der Waals surface area contributed by atoms with Crippen molar-refractivity contribution in [2.45, 2.75) is 13.3 Å². The molecule has 0 spiro atoms. The second kappa shape index (κ2) is 6.53. The third kappa shape index (κ3) is 3.69. The molecular weight excluding hydrogens is 236 g/mol. The van der Waals surface area contributed by atoms with Crippen molar-refractivity contribution in [2.75, 3.05) is 25.0 Å². The van der Waals surface area contributed by atoms with Gasteiger partial charge in [0.1, 0.15) is 5.82 Å². The molecule has 0 radical (unpaired) electrons. The molecule has 1 rings (SSSR count). The van der Waals surface area contributed by atoms with Gasteiger partial charge in [0.15, 0.2) is 5.69 Å². The van der Waals surface area contributed by atoms with E-state index in [0.717, 1.165) is 6.42 Å². The Balaban J connectivity index is 2.84. The summed E-state index contributed by atoms with van der Waals surface area (Å²) in [7, 11) is 1.56. The quantitative estimate of drug-likeness (QED) is 0.747. The average molecular weight is 252 g/mol. The summed E-state index contributed by atoms with van der Waals surface area (Å²) in [6.45, 7) is 2.80. The Hall–Kier alpha value is -2.18. The minimum atomic E-state index is -1.12. The Bertz CT molecular complexity index is 419. The van der Waals surface area contributed by atoms with Gasteiger partial charge in [-0.15, -0.1) is 0 Å².